The van der Waals surface area contributed by atoms with Crippen LogP contribution in [-0.4, -0.2) is 64.6 Å². The van der Waals surface area contributed by atoms with Gasteiger partial charge in [-0.1, -0.05) is 15.9 Å². The van der Waals surface area contributed by atoms with E-state index in [1.807, 2.05) is 7.05 Å². The van der Waals surface area contributed by atoms with Gasteiger partial charge in [0.1, 0.15) is 0 Å². The maximum atomic E-state index is 5.79. The molecule has 1 aromatic carbocycles. The molecule has 2 aliphatic heterocycles. The molecule has 2 N–H and O–H groups in total. The Kier molecular flexibility index (Phi) is 9.10. The Hall–Kier alpha value is -0.580. The maximum absolute atomic E-state index is 5.79. The van der Waals surface area contributed by atoms with Crippen LogP contribution >= 0.6 is 39.9 Å². The van der Waals surface area contributed by atoms with Gasteiger partial charge in [0.15, 0.2) is 5.96 Å². The number of methoxy groups -OCH3 is 1. The summed E-state index contributed by atoms with van der Waals surface area (Å²) < 4.78 is 12.4. The van der Waals surface area contributed by atoms with Crippen molar-refractivity contribution < 1.29 is 9.47 Å². The van der Waals surface area contributed by atoms with Crippen molar-refractivity contribution in [2.75, 3.05) is 51.9 Å². The van der Waals surface area contributed by atoms with E-state index >= 15 is 0 Å². The molecule has 0 amide bonds. The van der Waals surface area contributed by atoms with Gasteiger partial charge in [-0.2, -0.15) is 0 Å². The fraction of sp³-hybridized carbons (Fsp3) is 0.632. The summed E-state index contributed by atoms with van der Waals surface area (Å²) in [5.74, 6) is 0.843. The first-order chi connectivity index (χ1) is 12.6. The second-order valence-corrected chi connectivity index (χ2v) is 7.89. The van der Waals surface area contributed by atoms with Gasteiger partial charge in [-0.15, -0.1) is 24.0 Å². The zero-order valence-electron chi connectivity index (χ0n) is 16.0. The number of benzene rings is 1. The zero-order valence-corrected chi connectivity index (χ0v) is 20.0. The minimum Gasteiger partial charge on any atom is -0.381 e. The molecule has 6 nitrogen and oxygen atoms in total. The molecule has 3 rings (SSSR count). The number of aliphatic imine (C=N–C) groups is 1. The maximum Gasteiger partial charge on any atom is 0.191 e. The SMILES string of the molecule is CN=C(NCC1(OC)CCOCC1)NC1CCN(c2ccc(Br)cc2)C1.I. The summed E-state index contributed by atoms with van der Waals surface area (Å²) in [6.45, 7) is 4.29. The summed E-state index contributed by atoms with van der Waals surface area (Å²) in [5.41, 5.74) is 1.11. The summed E-state index contributed by atoms with van der Waals surface area (Å²) >= 11 is 3.50. The molecule has 27 heavy (non-hydrogen) atoms. The lowest BCUT2D eigenvalue weighted by Gasteiger charge is -2.36. The van der Waals surface area contributed by atoms with Gasteiger partial charge < -0.3 is 25.0 Å². The summed E-state index contributed by atoms with van der Waals surface area (Å²) in [6.07, 6.45) is 2.92. The van der Waals surface area contributed by atoms with Crippen LogP contribution < -0.4 is 15.5 Å². The lowest BCUT2D eigenvalue weighted by atomic mass is 9.94. The number of ether oxygens (including phenoxy) is 2. The third-order valence-corrected chi connectivity index (χ3v) is 5.89. The van der Waals surface area contributed by atoms with Crippen LogP contribution in [0.3, 0.4) is 0 Å². The number of hydrogen-bond acceptors (Lipinski definition) is 4. The molecule has 0 bridgehead atoms. The monoisotopic (exact) mass is 552 g/mol. The van der Waals surface area contributed by atoms with E-state index in [4.69, 9.17) is 9.47 Å². The highest BCUT2D eigenvalue weighted by Gasteiger charge is 2.33. The largest absolute Gasteiger partial charge is 0.381 e. The fourth-order valence-corrected chi connectivity index (χ4v) is 3.86. The van der Waals surface area contributed by atoms with Crippen molar-refractivity contribution in [1.82, 2.24) is 10.6 Å². The number of hydrogen-bond donors (Lipinski definition) is 2. The van der Waals surface area contributed by atoms with Crippen LogP contribution in [0.5, 0.6) is 0 Å². The molecule has 1 aromatic rings. The Morgan fingerprint density at radius 3 is 2.67 bits per heavy atom. The van der Waals surface area contributed by atoms with Crippen LogP contribution in [0, 0.1) is 0 Å². The molecule has 0 aliphatic carbocycles. The van der Waals surface area contributed by atoms with Crippen molar-refractivity contribution in [3.05, 3.63) is 28.7 Å². The molecule has 0 aromatic heterocycles. The van der Waals surface area contributed by atoms with Gasteiger partial charge in [0.2, 0.25) is 0 Å². The van der Waals surface area contributed by atoms with Gasteiger partial charge in [0.25, 0.3) is 0 Å². The third kappa shape index (κ3) is 6.20. The molecule has 8 heteroatoms. The molecule has 0 saturated carbocycles. The van der Waals surface area contributed by atoms with Gasteiger partial charge in [-0.05, 0) is 30.7 Å². The minimum atomic E-state index is -0.158. The molecule has 0 spiro atoms. The first-order valence-corrected chi connectivity index (χ1v) is 10.0. The Balaban J connectivity index is 0.00000261. The summed E-state index contributed by atoms with van der Waals surface area (Å²) in [7, 11) is 3.61. The van der Waals surface area contributed by atoms with Gasteiger partial charge in [-0.25, -0.2) is 0 Å². The molecule has 2 heterocycles. The van der Waals surface area contributed by atoms with Crippen LogP contribution in [-0.2, 0) is 9.47 Å². The zero-order chi connectivity index (χ0) is 18.4. The summed E-state index contributed by atoms with van der Waals surface area (Å²) in [4.78, 5) is 6.80. The normalized spacial score (nSPS) is 22.3. The van der Waals surface area contributed by atoms with Gasteiger partial charge in [0.05, 0.1) is 5.60 Å². The number of guanidine groups is 1. The van der Waals surface area contributed by atoms with Gasteiger partial charge >= 0.3 is 0 Å². The molecule has 152 valence electrons. The summed E-state index contributed by atoms with van der Waals surface area (Å²) in [6, 6.07) is 8.89. The number of halogens is 2. The molecule has 1 unspecified atom stereocenters. The number of anilines is 1. The van der Waals surface area contributed by atoms with E-state index in [-0.39, 0.29) is 29.6 Å². The Morgan fingerprint density at radius 2 is 2.04 bits per heavy atom. The molecule has 2 fully saturated rings. The van der Waals surface area contributed by atoms with E-state index in [1.54, 1.807) is 7.11 Å². The Morgan fingerprint density at radius 1 is 1.33 bits per heavy atom. The molecular weight excluding hydrogens is 523 g/mol. The second-order valence-electron chi connectivity index (χ2n) is 6.98. The van der Waals surface area contributed by atoms with E-state index in [0.717, 1.165) is 62.5 Å². The smallest absolute Gasteiger partial charge is 0.191 e. The van der Waals surface area contributed by atoms with Crippen LogP contribution in [0.15, 0.2) is 33.7 Å². The highest BCUT2D eigenvalue weighted by molar-refractivity contribution is 14.0. The predicted molar refractivity (Wildman–Crippen MR) is 124 cm³/mol. The second kappa shape index (κ2) is 10.8. The third-order valence-electron chi connectivity index (χ3n) is 5.36. The first-order valence-electron chi connectivity index (χ1n) is 9.25. The topological polar surface area (TPSA) is 58.1 Å². The number of rotatable bonds is 5. The fourth-order valence-electron chi connectivity index (χ4n) is 3.59. The number of nitrogens with zero attached hydrogens (tertiary/aromatic N) is 2. The van der Waals surface area contributed by atoms with E-state index in [2.05, 4.69) is 60.7 Å². The van der Waals surface area contributed by atoms with E-state index in [0.29, 0.717) is 6.04 Å². The molecule has 1 atom stereocenters. The first kappa shape index (κ1) is 22.7. The molecular formula is C19H30BrIN4O2. The minimum absolute atomic E-state index is 0. The van der Waals surface area contributed by atoms with Crippen molar-refractivity contribution in [2.24, 2.45) is 4.99 Å². The van der Waals surface area contributed by atoms with Crippen molar-refractivity contribution in [3.8, 4) is 0 Å². The quantitative estimate of drug-likeness (QED) is 0.334. The van der Waals surface area contributed by atoms with Gasteiger partial charge in [0, 0.05) is 76.0 Å². The van der Waals surface area contributed by atoms with E-state index < -0.39 is 0 Å². The summed E-state index contributed by atoms with van der Waals surface area (Å²) in [5, 5.41) is 7.01. The van der Waals surface area contributed by atoms with Crippen molar-refractivity contribution in [3.63, 3.8) is 0 Å². The van der Waals surface area contributed by atoms with Crippen LogP contribution in [0.1, 0.15) is 19.3 Å². The van der Waals surface area contributed by atoms with Crippen molar-refractivity contribution in [2.45, 2.75) is 30.9 Å². The van der Waals surface area contributed by atoms with Gasteiger partial charge in [-0.3, -0.25) is 4.99 Å². The van der Waals surface area contributed by atoms with Crippen LogP contribution in [0.2, 0.25) is 0 Å². The highest BCUT2D eigenvalue weighted by atomic mass is 127. The lowest BCUT2D eigenvalue weighted by molar-refractivity contribution is -0.0855. The Bertz CT molecular complexity index is 608. The standard InChI is InChI=1S/C19H29BrN4O2.HI/c1-21-18(22-14-19(25-2)8-11-26-12-9-19)23-16-7-10-24(13-16)17-5-3-15(20)4-6-17;/h3-6,16H,7-14H2,1-2H3,(H2,21,22,23);1H. The average molecular weight is 553 g/mol. The van der Waals surface area contributed by atoms with Crippen molar-refractivity contribution >= 4 is 51.6 Å². The Labute approximate surface area is 187 Å². The highest BCUT2D eigenvalue weighted by Crippen LogP contribution is 2.24. The number of nitrogens with one attached hydrogen (secondary N) is 2. The van der Waals surface area contributed by atoms with Crippen LogP contribution in [0.25, 0.3) is 0 Å². The predicted octanol–water partition coefficient (Wildman–Crippen LogP) is 3.01. The molecule has 2 saturated heterocycles. The van der Waals surface area contributed by atoms with E-state index in [9.17, 15) is 0 Å². The van der Waals surface area contributed by atoms with Crippen molar-refractivity contribution in [1.29, 1.82) is 0 Å². The van der Waals surface area contributed by atoms with E-state index in [1.165, 1.54) is 5.69 Å². The lowest BCUT2D eigenvalue weighted by Crippen LogP contribution is -2.52. The van der Waals surface area contributed by atoms with Crippen LogP contribution in [0.4, 0.5) is 5.69 Å². The molecule has 2 aliphatic rings. The average Bonchev–Trinajstić information content (AvgIpc) is 3.15. The molecule has 0 radical (unpaired) electrons.